The van der Waals surface area contributed by atoms with Crippen LogP contribution in [-0.2, 0) is 9.59 Å². The van der Waals surface area contributed by atoms with Crippen molar-refractivity contribution in [2.45, 2.75) is 65.2 Å². The maximum atomic E-state index is 12.3. The van der Waals surface area contributed by atoms with Gasteiger partial charge in [-0.1, -0.05) is 71.6 Å². The highest BCUT2D eigenvalue weighted by Crippen LogP contribution is 2.32. The van der Waals surface area contributed by atoms with E-state index in [-0.39, 0.29) is 11.8 Å². The summed E-state index contributed by atoms with van der Waals surface area (Å²) in [4.78, 5) is 33.6. The number of hydrogen-bond donors (Lipinski definition) is 2. The Morgan fingerprint density at radius 1 is 0.694 bits per heavy atom. The molecule has 2 aromatic carbocycles. The summed E-state index contributed by atoms with van der Waals surface area (Å²) in [5.74, 6) is -0.0245. The molecule has 0 spiro atoms. The van der Waals surface area contributed by atoms with Crippen molar-refractivity contribution < 1.29 is 9.59 Å². The van der Waals surface area contributed by atoms with Crippen LogP contribution in [0.3, 0.4) is 0 Å². The number of benzene rings is 2. The van der Waals surface area contributed by atoms with Crippen molar-refractivity contribution in [2.24, 2.45) is 0 Å². The molecule has 0 aliphatic rings. The first-order valence-corrected chi connectivity index (χ1v) is 14.4. The molecule has 0 aliphatic carbocycles. The number of aromatic nitrogens is 2. The number of rotatable bonds is 11. The van der Waals surface area contributed by atoms with E-state index in [1.54, 1.807) is 0 Å². The normalized spacial score (nSPS) is 11.3. The van der Waals surface area contributed by atoms with Gasteiger partial charge in [-0.15, -0.1) is 0 Å². The number of nitrogens with one attached hydrogen (secondary N) is 2. The van der Waals surface area contributed by atoms with Crippen molar-refractivity contribution in [2.75, 3.05) is 10.6 Å². The standard InChI is InChI=1S/C26H28Cl2N4O2S2/c1-15-11-17(27)13-19-23(15)31-25(35-19)29-21(33)9-7-5-3-4-6-8-10-22(34)30-26-32-24-16(2)12-18(28)14-20(24)36-26/h11-14H,3-10H2,1-2H3,(H,29,31,33)(H,30,32,34). The van der Waals surface area contributed by atoms with Crippen LogP contribution >= 0.6 is 45.9 Å². The summed E-state index contributed by atoms with van der Waals surface area (Å²) in [5.41, 5.74) is 3.77. The summed E-state index contributed by atoms with van der Waals surface area (Å²) in [6.45, 7) is 3.93. The number of thiazole rings is 2. The van der Waals surface area contributed by atoms with Crippen molar-refractivity contribution in [3.05, 3.63) is 45.4 Å². The van der Waals surface area contributed by atoms with E-state index in [1.165, 1.54) is 22.7 Å². The zero-order valence-corrected chi connectivity index (χ0v) is 23.4. The van der Waals surface area contributed by atoms with Crippen molar-refractivity contribution in [3.8, 4) is 0 Å². The van der Waals surface area contributed by atoms with Gasteiger partial charge in [0.2, 0.25) is 11.8 Å². The van der Waals surface area contributed by atoms with Gasteiger partial charge in [0, 0.05) is 22.9 Å². The van der Waals surface area contributed by atoms with Gasteiger partial charge < -0.3 is 10.6 Å². The number of fused-ring (bicyclic) bond motifs is 2. The lowest BCUT2D eigenvalue weighted by atomic mass is 10.1. The van der Waals surface area contributed by atoms with Crippen LogP contribution in [0.25, 0.3) is 20.4 Å². The largest absolute Gasteiger partial charge is 0.302 e. The molecule has 2 aromatic heterocycles. The molecule has 0 saturated heterocycles. The zero-order valence-electron chi connectivity index (χ0n) is 20.2. The van der Waals surface area contributed by atoms with Crippen LogP contribution in [-0.4, -0.2) is 21.8 Å². The summed E-state index contributed by atoms with van der Waals surface area (Å²) >= 11 is 15.1. The highest BCUT2D eigenvalue weighted by atomic mass is 35.5. The second-order valence-corrected chi connectivity index (χ2v) is 11.8. The lowest BCUT2D eigenvalue weighted by Gasteiger charge is -2.03. The smallest absolute Gasteiger partial charge is 0.226 e. The predicted molar refractivity (Wildman–Crippen MR) is 153 cm³/mol. The average molecular weight is 564 g/mol. The van der Waals surface area contributed by atoms with Crippen molar-refractivity contribution in [3.63, 3.8) is 0 Å². The number of carbonyl (C=O) groups is 2. The summed E-state index contributed by atoms with van der Waals surface area (Å²) in [6.07, 6.45) is 6.70. The maximum Gasteiger partial charge on any atom is 0.226 e. The van der Waals surface area contributed by atoms with E-state index in [0.29, 0.717) is 33.2 Å². The van der Waals surface area contributed by atoms with Gasteiger partial charge in [-0.2, -0.15) is 0 Å². The fourth-order valence-corrected chi connectivity index (χ4v) is 6.73. The van der Waals surface area contributed by atoms with E-state index < -0.39 is 0 Å². The summed E-state index contributed by atoms with van der Waals surface area (Å²) in [7, 11) is 0. The Bertz CT molecular complexity index is 1290. The molecule has 190 valence electrons. The number of unbranched alkanes of at least 4 members (excludes halogenated alkanes) is 5. The van der Waals surface area contributed by atoms with E-state index >= 15 is 0 Å². The number of carbonyl (C=O) groups excluding carboxylic acids is 2. The van der Waals surface area contributed by atoms with Gasteiger partial charge >= 0.3 is 0 Å². The fraction of sp³-hybridized carbons (Fsp3) is 0.385. The first-order chi connectivity index (χ1) is 17.3. The molecule has 0 saturated carbocycles. The Kier molecular flexibility index (Phi) is 9.17. The third-order valence-electron chi connectivity index (χ3n) is 5.85. The van der Waals surface area contributed by atoms with Gasteiger partial charge in [0.05, 0.1) is 20.4 Å². The topological polar surface area (TPSA) is 84.0 Å². The van der Waals surface area contributed by atoms with Crippen LogP contribution in [0.15, 0.2) is 24.3 Å². The van der Waals surface area contributed by atoms with Crippen LogP contribution in [0, 0.1) is 13.8 Å². The Morgan fingerprint density at radius 2 is 1.08 bits per heavy atom. The molecule has 0 atom stereocenters. The third kappa shape index (κ3) is 7.16. The molecular weight excluding hydrogens is 535 g/mol. The minimum Gasteiger partial charge on any atom is -0.302 e. The monoisotopic (exact) mass is 562 g/mol. The van der Waals surface area contributed by atoms with Crippen LogP contribution in [0.1, 0.15) is 62.5 Å². The molecule has 0 aliphatic heterocycles. The molecular formula is C26H28Cl2N4O2S2. The average Bonchev–Trinajstić information content (AvgIpc) is 3.39. The Balaban J connectivity index is 1.08. The molecule has 4 aromatic rings. The number of aryl methyl sites for hydroxylation is 2. The van der Waals surface area contributed by atoms with Crippen molar-refractivity contribution >= 4 is 88.4 Å². The molecule has 4 rings (SSSR count). The van der Waals surface area contributed by atoms with Gasteiger partial charge in [0.25, 0.3) is 0 Å². The van der Waals surface area contributed by atoms with E-state index in [1.807, 2.05) is 38.1 Å². The van der Waals surface area contributed by atoms with E-state index in [2.05, 4.69) is 20.6 Å². The first kappa shape index (κ1) is 26.8. The predicted octanol–water partition coefficient (Wildman–Crippen LogP) is 8.53. The van der Waals surface area contributed by atoms with Crippen LogP contribution in [0.2, 0.25) is 10.0 Å². The van der Waals surface area contributed by atoms with Gasteiger partial charge in [-0.3, -0.25) is 9.59 Å². The van der Waals surface area contributed by atoms with E-state index in [0.717, 1.165) is 70.1 Å². The van der Waals surface area contributed by atoms with Crippen molar-refractivity contribution in [1.29, 1.82) is 0 Å². The number of amides is 2. The third-order valence-corrected chi connectivity index (χ3v) is 8.12. The molecule has 0 fully saturated rings. The molecule has 0 bridgehead atoms. The summed E-state index contributed by atoms with van der Waals surface area (Å²) in [6, 6.07) is 7.50. The highest BCUT2D eigenvalue weighted by molar-refractivity contribution is 7.22. The quantitative estimate of drug-likeness (QED) is 0.179. The summed E-state index contributed by atoms with van der Waals surface area (Å²) < 4.78 is 1.95. The van der Waals surface area contributed by atoms with Gasteiger partial charge in [0.1, 0.15) is 0 Å². The molecule has 2 N–H and O–H groups in total. The molecule has 6 nitrogen and oxygen atoms in total. The molecule has 0 radical (unpaired) electrons. The molecule has 36 heavy (non-hydrogen) atoms. The molecule has 10 heteroatoms. The number of nitrogens with zero attached hydrogens (tertiary/aromatic N) is 2. The summed E-state index contributed by atoms with van der Waals surface area (Å²) in [5, 5.41) is 8.39. The minimum absolute atomic E-state index is 0.0122. The van der Waals surface area contributed by atoms with Crippen LogP contribution < -0.4 is 10.6 Å². The van der Waals surface area contributed by atoms with Crippen molar-refractivity contribution in [1.82, 2.24) is 9.97 Å². The Labute approximate surface area is 228 Å². The second-order valence-electron chi connectivity index (χ2n) is 8.89. The maximum absolute atomic E-state index is 12.3. The second kappa shape index (κ2) is 12.3. The van der Waals surface area contributed by atoms with Gasteiger partial charge in [-0.05, 0) is 62.1 Å². The fourth-order valence-electron chi connectivity index (χ4n) is 4.06. The first-order valence-electron chi connectivity index (χ1n) is 12.0. The van der Waals surface area contributed by atoms with E-state index in [4.69, 9.17) is 23.2 Å². The molecule has 0 unspecified atom stereocenters. The van der Waals surface area contributed by atoms with Crippen LogP contribution in [0.5, 0.6) is 0 Å². The Morgan fingerprint density at radius 3 is 1.50 bits per heavy atom. The van der Waals surface area contributed by atoms with Gasteiger partial charge in [-0.25, -0.2) is 9.97 Å². The number of hydrogen-bond acceptors (Lipinski definition) is 6. The minimum atomic E-state index is -0.0122. The lowest BCUT2D eigenvalue weighted by Crippen LogP contribution is -2.11. The highest BCUT2D eigenvalue weighted by Gasteiger charge is 2.12. The SMILES string of the molecule is Cc1cc(Cl)cc2sc(NC(=O)CCCCCCCCC(=O)Nc3nc4c(C)cc(Cl)cc4s3)nc12. The van der Waals surface area contributed by atoms with E-state index in [9.17, 15) is 9.59 Å². The van der Waals surface area contributed by atoms with Gasteiger partial charge in [0.15, 0.2) is 10.3 Å². The van der Waals surface area contributed by atoms with Crippen LogP contribution in [0.4, 0.5) is 10.3 Å². The number of halogens is 2. The number of anilines is 2. The zero-order chi connectivity index (χ0) is 25.7. The lowest BCUT2D eigenvalue weighted by molar-refractivity contribution is -0.117. The molecule has 2 heterocycles. The molecule has 2 amide bonds. The Hall–Kier alpha value is -2.26.